The summed E-state index contributed by atoms with van der Waals surface area (Å²) in [6.45, 7) is 1.38. The summed E-state index contributed by atoms with van der Waals surface area (Å²) in [5.41, 5.74) is 7.76. The first-order valence-electron chi connectivity index (χ1n) is 9.01. The van der Waals surface area contributed by atoms with E-state index in [1.165, 1.54) is 40.6 Å². The number of H-pyrrole nitrogens is 1. The largest absolute Gasteiger partial charge is 0.453 e. The normalized spacial score (nSPS) is 16.6. The summed E-state index contributed by atoms with van der Waals surface area (Å²) < 4.78 is 4.87. The molecule has 0 unspecified atom stereocenters. The molecule has 1 amide bonds. The number of halogens is 1. The predicted octanol–water partition coefficient (Wildman–Crippen LogP) is 3.92. The number of rotatable bonds is 0. The summed E-state index contributed by atoms with van der Waals surface area (Å²) in [7, 11) is 1.44. The van der Waals surface area contributed by atoms with E-state index in [0.717, 1.165) is 30.7 Å². The van der Waals surface area contributed by atoms with E-state index in [1.807, 2.05) is 12.3 Å². The number of aryl methyl sites for hydroxylation is 2. The molecule has 5 heteroatoms. The van der Waals surface area contributed by atoms with Gasteiger partial charge in [0.2, 0.25) is 5.69 Å². The van der Waals surface area contributed by atoms with E-state index in [9.17, 15) is 4.79 Å². The van der Waals surface area contributed by atoms with Gasteiger partial charge >= 0.3 is 6.09 Å². The number of carbonyl (C=O) groups excluding carboxylic acids is 1. The second kappa shape index (κ2) is 7.12. The van der Waals surface area contributed by atoms with Crippen LogP contribution in [0.15, 0.2) is 42.1 Å². The van der Waals surface area contributed by atoms with Gasteiger partial charge in [0.15, 0.2) is 6.20 Å². The summed E-state index contributed by atoms with van der Waals surface area (Å²) >= 11 is 6.26. The molecule has 2 heterocycles. The molecule has 0 saturated carbocycles. The number of benzene rings is 1. The van der Waals surface area contributed by atoms with Crippen LogP contribution in [0.1, 0.15) is 35.2 Å². The van der Waals surface area contributed by atoms with Crippen molar-refractivity contribution >= 4 is 23.3 Å². The second-order valence-corrected chi connectivity index (χ2v) is 7.24. The molecule has 26 heavy (non-hydrogen) atoms. The van der Waals surface area contributed by atoms with Crippen molar-refractivity contribution in [3.05, 3.63) is 69.5 Å². The molecule has 1 aliphatic carbocycles. The summed E-state index contributed by atoms with van der Waals surface area (Å²) in [4.78, 5) is 17.1. The maximum atomic E-state index is 11.8. The Balaban J connectivity index is 1.81. The number of methoxy groups -OCH3 is 1. The Morgan fingerprint density at radius 3 is 2.65 bits per heavy atom. The second-order valence-electron chi connectivity index (χ2n) is 6.81. The number of hydrogen-bond donors (Lipinski definition) is 0. The lowest BCUT2D eigenvalue weighted by Crippen LogP contribution is -2.36. The number of carbonyl (C=O) groups is 1. The fourth-order valence-electron chi connectivity index (χ4n) is 4.04. The van der Waals surface area contributed by atoms with E-state index >= 15 is 0 Å². The molecule has 2 aromatic rings. The van der Waals surface area contributed by atoms with Gasteiger partial charge in [0, 0.05) is 29.7 Å². The fraction of sp³-hybridized carbons (Fsp3) is 0.333. The molecule has 1 N–H and O–H groups in total. The van der Waals surface area contributed by atoms with Gasteiger partial charge in [-0.15, -0.1) is 0 Å². The van der Waals surface area contributed by atoms with Crippen molar-refractivity contribution in [1.82, 2.24) is 4.90 Å². The standard InChI is InChI=1S/C21H21ClN2O2/c1-26-21(25)24-11-8-14(9-12-24)19-18-7-6-17(22)13-16(18)5-4-15-3-2-10-23-20(15)19/h2-3,6-7,10,13H,4-5,8-9,11-12H2,1H3/p+1. The van der Waals surface area contributed by atoms with Crippen LogP contribution < -0.4 is 4.98 Å². The van der Waals surface area contributed by atoms with E-state index in [-0.39, 0.29) is 6.09 Å². The maximum absolute atomic E-state index is 11.8. The van der Waals surface area contributed by atoms with Crippen LogP contribution in [0.2, 0.25) is 5.02 Å². The van der Waals surface area contributed by atoms with Crippen LogP contribution in [0.4, 0.5) is 4.79 Å². The first kappa shape index (κ1) is 17.1. The van der Waals surface area contributed by atoms with Crippen LogP contribution in [-0.2, 0) is 17.6 Å². The maximum Gasteiger partial charge on any atom is 0.409 e. The van der Waals surface area contributed by atoms with Crippen molar-refractivity contribution in [2.45, 2.75) is 25.7 Å². The lowest BCUT2D eigenvalue weighted by Gasteiger charge is -2.28. The van der Waals surface area contributed by atoms with Gasteiger partial charge in [0.1, 0.15) is 0 Å². The number of piperidine rings is 1. The Hall–Kier alpha value is -2.33. The Bertz CT molecular complexity index is 881. The highest BCUT2D eigenvalue weighted by atomic mass is 35.5. The number of aromatic nitrogens is 1. The molecule has 0 spiro atoms. The zero-order valence-electron chi connectivity index (χ0n) is 14.8. The van der Waals surface area contributed by atoms with Gasteiger partial charge in [0.05, 0.1) is 12.7 Å². The molecular weight excluding hydrogens is 348 g/mol. The van der Waals surface area contributed by atoms with Gasteiger partial charge in [0.25, 0.3) is 0 Å². The van der Waals surface area contributed by atoms with Crippen molar-refractivity contribution < 1.29 is 14.5 Å². The number of ether oxygens (including phenoxy) is 1. The third kappa shape index (κ3) is 3.10. The number of aromatic amines is 1. The molecule has 4 rings (SSSR count). The third-order valence-corrected chi connectivity index (χ3v) is 5.58. The van der Waals surface area contributed by atoms with Crippen molar-refractivity contribution in [1.29, 1.82) is 0 Å². The minimum Gasteiger partial charge on any atom is -0.453 e. The monoisotopic (exact) mass is 369 g/mol. The van der Waals surface area contributed by atoms with Crippen LogP contribution in [-0.4, -0.2) is 31.2 Å². The minimum absolute atomic E-state index is 0.242. The van der Waals surface area contributed by atoms with E-state index in [0.29, 0.717) is 13.1 Å². The first-order chi connectivity index (χ1) is 12.7. The third-order valence-electron chi connectivity index (χ3n) is 5.35. The van der Waals surface area contributed by atoms with Gasteiger partial charge in [-0.3, -0.25) is 0 Å². The Morgan fingerprint density at radius 1 is 1.12 bits per heavy atom. The van der Waals surface area contributed by atoms with Gasteiger partial charge in [-0.05, 0) is 55.0 Å². The van der Waals surface area contributed by atoms with Crippen LogP contribution >= 0.6 is 11.6 Å². The molecule has 134 valence electrons. The molecule has 1 saturated heterocycles. The van der Waals surface area contributed by atoms with Gasteiger partial charge in [-0.1, -0.05) is 23.2 Å². The zero-order chi connectivity index (χ0) is 18.1. The molecule has 1 aromatic heterocycles. The summed E-state index contributed by atoms with van der Waals surface area (Å²) in [6, 6.07) is 10.5. The zero-order valence-corrected chi connectivity index (χ0v) is 15.6. The molecule has 2 aliphatic rings. The topological polar surface area (TPSA) is 43.7 Å². The van der Waals surface area contributed by atoms with Crippen LogP contribution in [0.3, 0.4) is 0 Å². The van der Waals surface area contributed by atoms with E-state index in [2.05, 4.69) is 29.2 Å². The fourth-order valence-corrected chi connectivity index (χ4v) is 4.23. The van der Waals surface area contributed by atoms with Gasteiger partial charge in [-0.25, -0.2) is 9.78 Å². The molecule has 1 aliphatic heterocycles. The summed E-state index contributed by atoms with van der Waals surface area (Å²) in [5, 5.41) is 0.781. The number of nitrogens with zero attached hydrogens (tertiary/aromatic N) is 1. The van der Waals surface area contributed by atoms with Crippen molar-refractivity contribution in [3.8, 4) is 0 Å². The number of fused-ring (bicyclic) bond motifs is 2. The highest BCUT2D eigenvalue weighted by Crippen LogP contribution is 2.37. The molecule has 4 nitrogen and oxygen atoms in total. The molecular formula is C21H22ClN2O2+. The molecule has 1 fully saturated rings. The SMILES string of the molecule is COC(=O)N1CCC(=C2c3ccc(Cl)cc3CCc3ccc[nH+]c32)CC1. The van der Waals surface area contributed by atoms with Gasteiger partial charge in [-0.2, -0.15) is 0 Å². The van der Waals surface area contributed by atoms with E-state index < -0.39 is 0 Å². The highest BCUT2D eigenvalue weighted by molar-refractivity contribution is 6.30. The molecule has 0 bridgehead atoms. The number of pyridine rings is 1. The number of hydrogen-bond acceptors (Lipinski definition) is 2. The van der Waals surface area contributed by atoms with Crippen molar-refractivity contribution in [3.63, 3.8) is 0 Å². The highest BCUT2D eigenvalue weighted by Gasteiger charge is 2.29. The quantitative estimate of drug-likeness (QED) is 0.706. The lowest BCUT2D eigenvalue weighted by atomic mass is 9.88. The smallest absolute Gasteiger partial charge is 0.409 e. The van der Waals surface area contributed by atoms with Crippen LogP contribution in [0, 0.1) is 0 Å². The Labute approximate surface area is 158 Å². The molecule has 0 radical (unpaired) electrons. The minimum atomic E-state index is -0.242. The van der Waals surface area contributed by atoms with Crippen LogP contribution in [0.5, 0.6) is 0 Å². The first-order valence-corrected chi connectivity index (χ1v) is 9.39. The lowest BCUT2D eigenvalue weighted by molar-refractivity contribution is -0.382. The number of nitrogens with one attached hydrogen (secondary N) is 1. The average molecular weight is 370 g/mol. The average Bonchev–Trinajstić information content (AvgIpc) is 2.84. The predicted molar refractivity (Wildman–Crippen MR) is 101 cm³/mol. The Morgan fingerprint density at radius 2 is 1.88 bits per heavy atom. The Kier molecular flexibility index (Phi) is 4.68. The number of likely N-dealkylation sites (tertiary alicyclic amines) is 1. The van der Waals surface area contributed by atoms with Crippen LogP contribution in [0.25, 0.3) is 5.57 Å². The summed E-state index contributed by atoms with van der Waals surface area (Å²) in [6.07, 6.45) is 5.43. The molecule has 0 atom stereocenters. The van der Waals surface area contributed by atoms with E-state index in [4.69, 9.17) is 16.3 Å². The van der Waals surface area contributed by atoms with Crippen molar-refractivity contribution in [2.24, 2.45) is 0 Å². The number of amides is 1. The van der Waals surface area contributed by atoms with E-state index in [1.54, 1.807) is 4.90 Å². The van der Waals surface area contributed by atoms with Crippen molar-refractivity contribution in [2.75, 3.05) is 20.2 Å². The summed E-state index contributed by atoms with van der Waals surface area (Å²) in [5.74, 6) is 0. The molecule has 1 aromatic carbocycles. The van der Waals surface area contributed by atoms with Gasteiger partial charge < -0.3 is 9.64 Å².